The number of hydrogen-bond donors (Lipinski definition) is 2. The fourth-order valence-electron chi connectivity index (χ4n) is 1.85. The van der Waals surface area contributed by atoms with Gasteiger partial charge in [0.1, 0.15) is 12.6 Å². The molecule has 0 saturated carbocycles. The fourth-order valence-corrected chi connectivity index (χ4v) is 1.85. The smallest absolute Gasteiger partial charge is 0.239 e. The number of nitrogens with one attached hydrogen (secondary N) is 1. The second kappa shape index (κ2) is 14.0. The van der Waals surface area contributed by atoms with E-state index >= 15 is 0 Å². The Kier molecular flexibility index (Phi) is 14.5. The highest BCUT2D eigenvalue weighted by atomic mass is 35.5. The number of ether oxygens (including phenoxy) is 3. The lowest BCUT2D eigenvalue weighted by molar-refractivity contribution is -0.123. The van der Waals surface area contributed by atoms with Gasteiger partial charge in [0.05, 0.1) is 13.7 Å². The lowest BCUT2D eigenvalue weighted by atomic mass is 10.2. The number of nitrogens with zero attached hydrogens (tertiary/aromatic N) is 1. The Balaban J connectivity index is 0. The number of rotatable bonds is 10. The van der Waals surface area contributed by atoms with Crippen LogP contribution in [-0.2, 0) is 16.1 Å². The molecular formula is C16H29Cl2N3O4. The number of amides is 1. The third kappa shape index (κ3) is 9.72. The predicted octanol–water partition coefficient (Wildman–Crippen LogP) is 1.07. The minimum atomic E-state index is -0.671. The molecule has 3 N–H and O–H groups in total. The maximum Gasteiger partial charge on any atom is 0.239 e. The van der Waals surface area contributed by atoms with Crippen molar-refractivity contribution in [2.75, 3.05) is 48.1 Å². The molecule has 7 nitrogen and oxygen atoms in total. The molecule has 0 fully saturated rings. The van der Waals surface area contributed by atoms with E-state index in [1.807, 2.05) is 37.2 Å². The van der Waals surface area contributed by atoms with E-state index in [9.17, 15) is 4.79 Å². The molecule has 0 spiro atoms. The Morgan fingerprint density at radius 3 is 2.48 bits per heavy atom. The molecule has 25 heavy (non-hydrogen) atoms. The third-order valence-corrected chi connectivity index (χ3v) is 3.17. The summed E-state index contributed by atoms with van der Waals surface area (Å²) in [5, 5.41) is 2.77. The molecule has 0 heterocycles. The molecule has 9 heteroatoms. The van der Waals surface area contributed by atoms with Crippen LogP contribution in [0.25, 0.3) is 0 Å². The summed E-state index contributed by atoms with van der Waals surface area (Å²) in [7, 11) is 7.07. The van der Waals surface area contributed by atoms with Crippen LogP contribution in [-0.4, -0.2) is 64.9 Å². The van der Waals surface area contributed by atoms with Crippen LogP contribution in [0.15, 0.2) is 18.2 Å². The van der Waals surface area contributed by atoms with Gasteiger partial charge in [0.2, 0.25) is 5.91 Å². The molecule has 0 aliphatic carbocycles. The van der Waals surface area contributed by atoms with Crippen molar-refractivity contribution in [2.45, 2.75) is 12.6 Å². The SMILES string of the molecule is COCC(N)C(=O)NCc1ccc(OCCN(C)C)c(OC)c1.Cl.Cl. The summed E-state index contributed by atoms with van der Waals surface area (Å²) in [6.45, 7) is 1.95. The summed E-state index contributed by atoms with van der Waals surface area (Å²) in [4.78, 5) is 13.8. The number of benzene rings is 1. The minimum Gasteiger partial charge on any atom is -0.493 e. The molecule has 1 aromatic carbocycles. The summed E-state index contributed by atoms with van der Waals surface area (Å²) < 4.78 is 15.9. The Hall–Kier alpha value is -1.25. The highest BCUT2D eigenvalue weighted by molar-refractivity contribution is 5.85. The van der Waals surface area contributed by atoms with Gasteiger partial charge in [0.15, 0.2) is 11.5 Å². The molecule has 0 radical (unpaired) electrons. The molecule has 1 aromatic rings. The number of methoxy groups -OCH3 is 2. The van der Waals surface area contributed by atoms with Gasteiger partial charge in [0, 0.05) is 20.2 Å². The maximum absolute atomic E-state index is 11.8. The van der Waals surface area contributed by atoms with Crippen LogP contribution in [0, 0.1) is 0 Å². The van der Waals surface area contributed by atoms with Crippen molar-refractivity contribution in [2.24, 2.45) is 5.73 Å². The molecule has 0 bridgehead atoms. The van der Waals surface area contributed by atoms with E-state index in [-0.39, 0.29) is 37.3 Å². The zero-order chi connectivity index (χ0) is 17.2. The monoisotopic (exact) mass is 397 g/mol. The molecule has 1 unspecified atom stereocenters. The van der Waals surface area contributed by atoms with Crippen LogP contribution in [0.3, 0.4) is 0 Å². The van der Waals surface area contributed by atoms with Crippen LogP contribution in [0.4, 0.5) is 0 Å². The molecule has 0 aromatic heterocycles. The zero-order valence-corrected chi connectivity index (χ0v) is 16.7. The molecule has 146 valence electrons. The molecular weight excluding hydrogens is 369 g/mol. The standard InChI is InChI=1S/C16H27N3O4.2ClH/c1-19(2)7-8-23-14-6-5-12(9-15(14)22-4)10-18-16(20)13(17)11-21-3;;/h5-6,9,13H,7-8,10-11,17H2,1-4H3,(H,18,20);2*1H. The second-order valence-corrected chi connectivity index (χ2v) is 5.42. The topological polar surface area (TPSA) is 86.0 Å². The average molecular weight is 398 g/mol. The van der Waals surface area contributed by atoms with E-state index < -0.39 is 6.04 Å². The van der Waals surface area contributed by atoms with Crippen molar-refractivity contribution < 1.29 is 19.0 Å². The van der Waals surface area contributed by atoms with Gasteiger partial charge in [0.25, 0.3) is 0 Å². The van der Waals surface area contributed by atoms with Crippen molar-refractivity contribution in [1.29, 1.82) is 0 Å². The van der Waals surface area contributed by atoms with Gasteiger partial charge >= 0.3 is 0 Å². The largest absolute Gasteiger partial charge is 0.493 e. The quantitative estimate of drug-likeness (QED) is 0.613. The van der Waals surface area contributed by atoms with Gasteiger partial charge in [-0.05, 0) is 31.8 Å². The molecule has 1 amide bonds. The van der Waals surface area contributed by atoms with Crippen LogP contribution in [0.5, 0.6) is 11.5 Å². The minimum absolute atomic E-state index is 0. The first-order valence-corrected chi connectivity index (χ1v) is 7.44. The maximum atomic E-state index is 11.8. The van der Waals surface area contributed by atoms with Gasteiger partial charge in [-0.15, -0.1) is 24.8 Å². The normalized spacial score (nSPS) is 11.1. The van der Waals surface area contributed by atoms with Crippen LogP contribution in [0.1, 0.15) is 5.56 Å². The van der Waals surface area contributed by atoms with Crippen molar-refractivity contribution >= 4 is 30.7 Å². The first-order valence-electron chi connectivity index (χ1n) is 7.44. The predicted molar refractivity (Wildman–Crippen MR) is 103 cm³/mol. The summed E-state index contributed by atoms with van der Waals surface area (Å²) in [5.74, 6) is 1.06. The number of nitrogens with two attached hydrogens (primary N) is 1. The van der Waals surface area contributed by atoms with Gasteiger partial charge in [-0.25, -0.2) is 0 Å². The number of likely N-dealkylation sites (N-methyl/N-ethyl adjacent to an activating group) is 1. The molecule has 0 saturated heterocycles. The summed E-state index contributed by atoms with van der Waals surface area (Å²) in [5.41, 5.74) is 6.57. The Morgan fingerprint density at radius 2 is 1.92 bits per heavy atom. The number of carbonyl (C=O) groups is 1. The first kappa shape index (κ1) is 26.0. The average Bonchev–Trinajstić information content (AvgIpc) is 2.53. The van der Waals surface area contributed by atoms with Crippen LogP contribution < -0.4 is 20.5 Å². The first-order chi connectivity index (χ1) is 11.0. The lowest BCUT2D eigenvalue weighted by Gasteiger charge is -2.15. The fraction of sp³-hybridized carbons (Fsp3) is 0.562. The highest BCUT2D eigenvalue weighted by Crippen LogP contribution is 2.28. The molecule has 1 rings (SSSR count). The van der Waals surface area contributed by atoms with Gasteiger partial charge in [-0.2, -0.15) is 0 Å². The van der Waals surface area contributed by atoms with E-state index in [0.717, 1.165) is 12.1 Å². The Morgan fingerprint density at radius 1 is 1.24 bits per heavy atom. The Bertz CT molecular complexity index is 504. The summed E-state index contributed by atoms with van der Waals surface area (Å²) in [6.07, 6.45) is 0. The molecule has 1 atom stereocenters. The number of halogens is 2. The van der Waals surface area contributed by atoms with Gasteiger partial charge in [-0.3, -0.25) is 4.79 Å². The van der Waals surface area contributed by atoms with Crippen molar-refractivity contribution in [1.82, 2.24) is 10.2 Å². The zero-order valence-electron chi connectivity index (χ0n) is 15.1. The van der Waals surface area contributed by atoms with Crippen LogP contribution in [0.2, 0.25) is 0 Å². The van der Waals surface area contributed by atoms with E-state index in [2.05, 4.69) is 5.32 Å². The van der Waals surface area contributed by atoms with Crippen molar-refractivity contribution in [3.8, 4) is 11.5 Å². The second-order valence-electron chi connectivity index (χ2n) is 5.42. The molecule has 0 aliphatic rings. The highest BCUT2D eigenvalue weighted by Gasteiger charge is 2.13. The number of hydrogen-bond acceptors (Lipinski definition) is 6. The van der Waals surface area contributed by atoms with Crippen LogP contribution >= 0.6 is 24.8 Å². The van der Waals surface area contributed by atoms with E-state index in [1.54, 1.807) is 7.11 Å². The van der Waals surface area contributed by atoms with Crippen molar-refractivity contribution in [3.05, 3.63) is 23.8 Å². The van der Waals surface area contributed by atoms with E-state index in [0.29, 0.717) is 24.7 Å². The number of carbonyl (C=O) groups excluding carboxylic acids is 1. The van der Waals surface area contributed by atoms with Crippen molar-refractivity contribution in [3.63, 3.8) is 0 Å². The lowest BCUT2D eigenvalue weighted by Crippen LogP contribution is -2.43. The van der Waals surface area contributed by atoms with Gasteiger partial charge in [-0.1, -0.05) is 6.07 Å². The summed E-state index contributed by atoms with van der Waals surface area (Å²) in [6, 6.07) is 4.89. The third-order valence-electron chi connectivity index (χ3n) is 3.17. The van der Waals surface area contributed by atoms with E-state index in [1.165, 1.54) is 7.11 Å². The molecule has 0 aliphatic heterocycles. The Labute approximate surface area is 162 Å². The van der Waals surface area contributed by atoms with E-state index in [4.69, 9.17) is 19.9 Å². The van der Waals surface area contributed by atoms with Gasteiger partial charge < -0.3 is 30.2 Å². The summed E-state index contributed by atoms with van der Waals surface area (Å²) >= 11 is 0.